The van der Waals surface area contributed by atoms with Crippen LogP contribution in [0.2, 0.25) is 0 Å². The summed E-state index contributed by atoms with van der Waals surface area (Å²) in [6.07, 6.45) is 0. The topological polar surface area (TPSA) is 41.6 Å². The van der Waals surface area contributed by atoms with Crippen molar-refractivity contribution in [2.24, 2.45) is 0 Å². The molecule has 1 fully saturated rings. The molecule has 1 aromatic rings. The van der Waals surface area contributed by atoms with E-state index in [1.165, 1.54) is 0 Å². The normalized spacial score (nSPS) is 20.1. The van der Waals surface area contributed by atoms with Gasteiger partial charge < -0.3 is 15.0 Å². The molecule has 0 saturated carbocycles. The van der Waals surface area contributed by atoms with Crippen molar-refractivity contribution in [3.63, 3.8) is 0 Å². The molecule has 92 valence electrons. The number of hydrogen-bond donors (Lipinski definition) is 1. The molecule has 1 aliphatic heterocycles. The maximum Gasteiger partial charge on any atom is 0.254 e. The monoisotopic (exact) mass is 234 g/mol. The fourth-order valence-electron chi connectivity index (χ4n) is 2.04. The molecule has 1 heterocycles. The third-order valence-electron chi connectivity index (χ3n) is 3.10. The smallest absolute Gasteiger partial charge is 0.254 e. The molecule has 0 radical (unpaired) electrons. The number of carbonyl (C=O) groups is 1. The number of rotatable bonds is 2. The number of ether oxygens (including phenoxy) is 1. The van der Waals surface area contributed by atoms with Gasteiger partial charge in [-0.2, -0.15) is 0 Å². The molecule has 1 saturated heterocycles. The average molecular weight is 234 g/mol. The molecule has 0 bridgehead atoms. The van der Waals surface area contributed by atoms with Gasteiger partial charge in [0.15, 0.2) is 0 Å². The van der Waals surface area contributed by atoms with E-state index < -0.39 is 0 Å². The van der Waals surface area contributed by atoms with Gasteiger partial charge in [0.2, 0.25) is 0 Å². The van der Waals surface area contributed by atoms with Crippen molar-refractivity contribution in [3.8, 4) is 5.75 Å². The summed E-state index contributed by atoms with van der Waals surface area (Å²) in [7, 11) is 1.62. The predicted molar refractivity (Wildman–Crippen MR) is 66.4 cm³/mol. The van der Waals surface area contributed by atoms with Crippen LogP contribution in [-0.4, -0.2) is 43.6 Å². The van der Waals surface area contributed by atoms with Crippen molar-refractivity contribution < 1.29 is 9.53 Å². The lowest BCUT2D eigenvalue weighted by atomic mass is 10.1. The Morgan fingerprint density at radius 3 is 2.71 bits per heavy atom. The second-order valence-electron chi connectivity index (χ2n) is 4.28. The van der Waals surface area contributed by atoms with Gasteiger partial charge in [0.25, 0.3) is 5.91 Å². The van der Waals surface area contributed by atoms with Crippen LogP contribution in [0.4, 0.5) is 0 Å². The Morgan fingerprint density at radius 2 is 2.12 bits per heavy atom. The van der Waals surface area contributed by atoms with Gasteiger partial charge in [0, 0.05) is 31.2 Å². The van der Waals surface area contributed by atoms with E-state index in [2.05, 4.69) is 12.2 Å². The maximum atomic E-state index is 12.3. The van der Waals surface area contributed by atoms with Gasteiger partial charge in [-0.15, -0.1) is 0 Å². The SMILES string of the molecule is COc1ccc(C(=O)N2CCNC[C@@H]2C)cc1. The van der Waals surface area contributed by atoms with E-state index in [1.54, 1.807) is 7.11 Å². The second kappa shape index (κ2) is 5.19. The molecule has 1 atom stereocenters. The first-order valence-electron chi connectivity index (χ1n) is 5.88. The van der Waals surface area contributed by atoms with Crippen molar-refractivity contribution in [2.75, 3.05) is 26.7 Å². The summed E-state index contributed by atoms with van der Waals surface area (Å²) in [6.45, 7) is 4.56. The number of nitrogens with one attached hydrogen (secondary N) is 1. The molecule has 0 unspecified atom stereocenters. The Balaban J connectivity index is 2.12. The Morgan fingerprint density at radius 1 is 1.41 bits per heavy atom. The predicted octanol–water partition coefficient (Wildman–Crippen LogP) is 1.13. The quantitative estimate of drug-likeness (QED) is 0.834. The van der Waals surface area contributed by atoms with Gasteiger partial charge >= 0.3 is 0 Å². The van der Waals surface area contributed by atoms with Crippen LogP contribution in [0.5, 0.6) is 5.75 Å². The first kappa shape index (κ1) is 11.9. The Labute approximate surface area is 102 Å². The number of nitrogens with zero attached hydrogens (tertiary/aromatic N) is 1. The molecule has 0 aliphatic carbocycles. The fraction of sp³-hybridized carbons (Fsp3) is 0.462. The van der Waals surface area contributed by atoms with Crippen LogP contribution in [0.1, 0.15) is 17.3 Å². The highest BCUT2D eigenvalue weighted by Crippen LogP contribution is 2.15. The average Bonchev–Trinajstić information content (AvgIpc) is 2.39. The van der Waals surface area contributed by atoms with Gasteiger partial charge in [-0.3, -0.25) is 4.79 Å². The third kappa shape index (κ3) is 2.58. The minimum atomic E-state index is 0.0988. The molecule has 17 heavy (non-hydrogen) atoms. The molecular formula is C13H18N2O2. The summed E-state index contributed by atoms with van der Waals surface area (Å²) in [6, 6.07) is 7.52. The zero-order valence-electron chi connectivity index (χ0n) is 10.3. The van der Waals surface area contributed by atoms with E-state index in [-0.39, 0.29) is 11.9 Å². The van der Waals surface area contributed by atoms with Crippen molar-refractivity contribution >= 4 is 5.91 Å². The summed E-state index contributed by atoms with van der Waals surface area (Å²) < 4.78 is 5.08. The van der Waals surface area contributed by atoms with E-state index in [0.717, 1.165) is 30.9 Å². The Kier molecular flexibility index (Phi) is 3.64. The standard InChI is InChI=1S/C13H18N2O2/c1-10-9-14-7-8-15(10)13(16)11-3-5-12(17-2)6-4-11/h3-6,10,14H,7-9H2,1-2H3/t10-/m0/s1. The molecule has 1 aromatic carbocycles. The van der Waals surface area contributed by atoms with Crippen LogP contribution in [0.3, 0.4) is 0 Å². The Hall–Kier alpha value is -1.55. The first-order chi connectivity index (χ1) is 8.22. The van der Waals surface area contributed by atoms with Crippen molar-refractivity contribution in [3.05, 3.63) is 29.8 Å². The van der Waals surface area contributed by atoms with E-state index in [1.807, 2.05) is 29.2 Å². The van der Waals surface area contributed by atoms with Gasteiger partial charge in [0.05, 0.1) is 7.11 Å². The lowest BCUT2D eigenvalue weighted by Gasteiger charge is -2.34. The van der Waals surface area contributed by atoms with Gasteiger partial charge in [-0.1, -0.05) is 0 Å². The highest BCUT2D eigenvalue weighted by Gasteiger charge is 2.23. The summed E-state index contributed by atoms with van der Waals surface area (Å²) in [5.41, 5.74) is 0.722. The number of benzene rings is 1. The van der Waals surface area contributed by atoms with Crippen molar-refractivity contribution in [2.45, 2.75) is 13.0 Å². The number of methoxy groups -OCH3 is 1. The molecular weight excluding hydrogens is 216 g/mol. The highest BCUT2D eigenvalue weighted by atomic mass is 16.5. The van der Waals surface area contributed by atoms with Crippen molar-refractivity contribution in [1.82, 2.24) is 10.2 Å². The second-order valence-corrected chi connectivity index (χ2v) is 4.28. The molecule has 0 spiro atoms. The molecule has 2 rings (SSSR count). The number of carbonyl (C=O) groups excluding carboxylic acids is 1. The van der Waals surface area contributed by atoms with Crippen LogP contribution < -0.4 is 10.1 Å². The van der Waals surface area contributed by atoms with Crippen LogP contribution in [0.25, 0.3) is 0 Å². The molecule has 4 nitrogen and oxygen atoms in total. The van der Waals surface area contributed by atoms with E-state index in [9.17, 15) is 4.79 Å². The van der Waals surface area contributed by atoms with E-state index in [0.29, 0.717) is 0 Å². The molecule has 4 heteroatoms. The van der Waals surface area contributed by atoms with E-state index in [4.69, 9.17) is 4.74 Å². The molecule has 1 amide bonds. The van der Waals surface area contributed by atoms with Crippen molar-refractivity contribution in [1.29, 1.82) is 0 Å². The van der Waals surface area contributed by atoms with Crippen LogP contribution in [0, 0.1) is 0 Å². The molecule has 1 N–H and O–H groups in total. The third-order valence-corrected chi connectivity index (χ3v) is 3.10. The molecule has 0 aromatic heterocycles. The van der Waals surface area contributed by atoms with Gasteiger partial charge in [0.1, 0.15) is 5.75 Å². The summed E-state index contributed by atoms with van der Waals surface area (Å²) in [5.74, 6) is 0.872. The minimum Gasteiger partial charge on any atom is -0.497 e. The first-order valence-corrected chi connectivity index (χ1v) is 5.88. The fourth-order valence-corrected chi connectivity index (χ4v) is 2.04. The van der Waals surface area contributed by atoms with Gasteiger partial charge in [-0.05, 0) is 31.2 Å². The zero-order chi connectivity index (χ0) is 12.3. The Bertz CT molecular complexity index is 389. The number of amides is 1. The number of piperazine rings is 1. The highest BCUT2D eigenvalue weighted by molar-refractivity contribution is 5.94. The molecule has 1 aliphatic rings. The van der Waals surface area contributed by atoms with E-state index >= 15 is 0 Å². The van der Waals surface area contributed by atoms with Crippen LogP contribution in [0.15, 0.2) is 24.3 Å². The van der Waals surface area contributed by atoms with Gasteiger partial charge in [-0.25, -0.2) is 0 Å². The number of hydrogen-bond acceptors (Lipinski definition) is 3. The lowest BCUT2D eigenvalue weighted by molar-refractivity contribution is 0.0656. The van der Waals surface area contributed by atoms with Crippen LogP contribution >= 0.6 is 0 Å². The lowest BCUT2D eigenvalue weighted by Crippen LogP contribution is -2.52. The minimum absolute atomic E-state index is 0.0988. The summed E-state index contributed by atoms with van der Waals surface area (Å²) in [4.78, 5) is 14.2. The summed E-state index contributed by atoms with van der Waals surface area (Å²) in [5, 5.41) is 3.28. The van der Waals surface area contributed by atoms with Crippen LogP contribution in [-0.2, 0) is 0 Å². The largest absolute Gasteiger partial charge is 0.497 e. The maximum absolute atomic E-state index is 12.3. The zero-order valence-corrected chi connectivity index (χ0v) is 10.3. The summed E-state index contributed by atoms with van der Waals surface area (Å²) >= 11 is 0.